The van der Waals surface area contributed by atoms with Crippen LogP contribution in [0, 0.1) is 20.8 Å². The van der Waals surface area contributed by atoms with Gasteiger partial charge in [-0.25, -0.2) is 4.98 Å². The van der Waals surface area contributed by atoms with Crippen molar-refractivity contribution >= 4 is 23.9 Å². The van der Waals surface area contributed by atoms with Gasteiger partial charge in [0.1, 0.15) is 5.82 Å². The van der Waals surface area contributed by atoms with Crippen LogP contribution in [0.15, 0.2) is 24.3 Å². The van der Waals surface area contributed by atoms with Gasteiger partial charge in [0.15, 0.2) is 0 Å². The molecule has 0 radical (unpaired) electrons. The van der Waals surface area contributed by atoms with Crippen LogP contribution in [0.5, 0.6) is 0 Å². The number of amides is 1. The highest BCUT2D eigenvalue weighted by molar-refractivity contribution is 5.65. The molecule has 1 amide bonds. The molecule has 3 rings (SSSR count). The van der Waals surface area contributed by atoms with E-state index in [-0.39, 0.29) is 0 Å². The van der Waals surface area contributed by atoms with Gasteiger partial charge in [0.25, 0.3) is 0 Å². The van der Waals surface area contributed by atoms with E-state index in [1.54, 1.807) is 4.90 Å². The minimum absolute atomic E-state index is 0.709. The van der Waals surface area contributed by atoms with Crippen molar-refractivity contribution in [3.63, 3.8) is 0 Å². The molecule has 1 aliphatic heterocycles. The second-order valence-corrected chi connectivity index (χ2v) is 6.21. The monoisotopic (exact) mass is 325 g/mol. The smallest absolute Gasteiger partial charge is 0.227 e. The average Bonchev–Trinajstić information content (AvgIpc) is 2.58. The van der Waals surface area contributed by atoms with Gasteiger partial charge in [-0.05, 0) is 31.9 Å². The average molecular weight is 325 g/mol. The maximum Gasteiger partial charge on any atom is 0.227 e. The fourth-order valence-electron chi connectivity index (χ4n) is 2.93. The number of benzene rings is 1. The summed E-state index contributed by atoms with van der Waals surface area (Å²) in [4.78, 5) is 24.0. The number of aromatic nitrogens is 2. The number of nitrogens with one attached hydrogen (secondary N) is 1. The molecular weight excluding hydrogens is 302 g/mol. The summed E-state index contributed by atoms with van der Waals surface area (Å²) in [6, 6.07) is 8.18. The van der Waals surface area contributed by atoms with Crippen LogP contribution in [0.3, 0.4) is 0 Å². The van der Waals surface area contributed by atoms with Crippen molar-refractivity contribution < 1.29 is 4.79 Å². The first-order valence-electron chi connectivity index (χ1n) is 8.20. The Bertz CT molecular complexity index is 718. The van der Waals surface area contributed by atoms with Crippen LogP contribution >= 0.6 is 0 Å². The van der Waals surface area contributed by atoms with E-state index in [4.69, 9.17) is 0 Å². The number of piperazine rings is 1. The summed E-state index contributed by atoms with van der Waals surface area (Å²) in [5.41, 5.74) is 4.39. The van der Waals surface area contributed by atoms with E-state index in [9.17, 15) is 4.79 Å². The third-order valence-corrected chi connectivity index (χ3v) is 4.32. The van der Waals surface area contributed by atoms with Crippen LogP contribution < -0.4 is 10.2 Å². The highest BCUT2D eigenvalue weighted by Gasteiger charge is 2.18. The zero-order chi connectivity index (χ0) is 17.1. The molecule has 1 N–H and O–H groups in total. The van der Waals surface area contributed by atoms with E-state index in [0.717, 1.165) is 36.7 Å². The van der Waals surface area contributed by atoms with Crippen molar-refractivity contribution in [2.45, 2.75) is 20.8 Å². The van der Waals surface area contributed by atoms with Gasteiger partial charge >= 0.3 is 0 Å². The van der Waals surface area contributed by atoms with Gasteiger partial charge in [-0.1, -0.05) is 18.2 Å². The summed E-state index contributed by atoms with van der Waals surface area (Å²) in [5, 5.41) is 3.44. The van der Waals surface area contributed by atoms with E-state index in [2.05, 4.69) is 52.2 Å². The Kier molecular flexibility index (Phi) is 4.64. The first-order valence-corrected chi connectivity index (χ1v) is 8.20. The summed E-state index contributed by atoms with van der Waals surface area (Å²) in [6.45, 7) is 9.08. The number of aryl methyl sites for hydroxylation is 3. The van der Waals surface area contributed by atoms with Gasteiger partial charge < -0.3 is 15.1 Å². The predicted molar refractivity (Wildman–Crippen MR) is 95.8 cm³/mol. The standard InChI is InChI=1S/C18H23N5O/c1-13-5-4-6-14(2)17(13)20-16-11-15(3)19-18(21-16)23-9-7-22(12-24)8-10-23/h4-6,11-12H,7-10H2,1-3H3,(H,19,20,21). The van der Waals surface area contributed by atoms with Gasteiger partial charge in [0.05, 0.1) is 0 Å². The SMILES string of the molecule is Cc1cc(Nc2c(C)cccc2C)nc(N2CCN(C=O)CC2)n1. The number of para-hydroxylation sites is 1. The lowest BCUT2D eigenvalue weighted by atomic mass is 10.1. The van der Waals surface area contributed by atoms with Gasteiger partial charge in [-0.15, -0.1) is 0 Å². The van der Waals surface area contributed by atoms with Crippen molar-refractivity contribution in [1.29, 1.82) is 0 Å². The van der Waals surface area contributed by atoms with Crippen molar-refractivity contribution in [3.8, 4) is 0 Å². The molecule has 126 valence electrons. The molecule has 0 spiro atoms. The predicted octanol–water partition coefficient (Wildman–Crippen LogP) is 2.42. The van der Waals surface area contributed by atoms with Crippen LogP contribution in [0.4, 0.5) is 17.5 Å². The minimum atomic E-state index is 0.709. The molecule has 0 unspecified atom stereocenters. The van der Waals surface area contributed by atoms with Crippen LogP contribution in [-0.2, 0) is 4.79 Å². The van der Waals surface area contributed by atoms with Gasteiger partial charge in [-0.3, -0.25) is 4.79 Å². The maximum absolute atomic E-state index is 10.8. The van der Waals surface area contributed by atoms with Crippen molar-refractivity contribution in [2.75, 3.05) is 36.4 Å². The Morgan fingerprint density at radius 3 is 2.33 bits per heavy atom. The zero-order valence-corrected chi connectivity index (χ0v) is 14.4. The Hall–Kier alpha value is -2.63. The summed E-state index contributed by atoms with van der Waals surface area (Å²) in [6.07, 6.45) is 0.905. The fourth-order valence-corrected chi connectivity index (χ4v) is 2.93. The lowest BCUT2D eigenvalue weighted by molar-refractivity contribution is -0.118. The van der Waals surface area contributed by atoms with Gasteiger partial charge in [0, 0.05) is 43.6 Å². The largest absolute Gasteiger partial charge is 0.342 e. The number of nitrogens with zero attached hydrogens (tertiary/aromatic N) is 4. The molecule has 0 aliphatic carbocycles. The Morgan fingerprint density at radius 1 is 1.04 bits per heavy atom. The van der Waals surface area contributed by atoms with Crippen molar-refractivity contribution in [3.05, 3.63) is 41.1 Å². The molecule has 6 nitrogen and oxygen atoms in total. The molecule has 6 heteroatoms. The second kappa shape index (κ2) is 6.86. The number of hydrogen-bond donors (Lipinski definition) is 1. The van der Waals surface area contributed by atoms with Crippen LogP contribution in [0.1, 0.15) is 16.8 Å². The first-order chi connectivity index (χ1) is 11.6. The lowest BCUT2D eigenvalue weighted by Gasteiger charge is -2.32. The van der Waals surface area contributed by atoms with Gasteiger partial charge in [-0.2, -0.15) is 4.98 Å². The van der Waals surface area contributed by atoms with Gasteiger partial charge in [0.2, 0.25) is 12.4 Å². The number of anilines is 3. The normalized spacial score (nSPS) is 14.6. The van der Waals surface area contributed by atoms with Crippen LogP contribution in [0.2, 0.25) is 0 Å². The molecule has 1 aromatic carbocycles. The van der Waals surface area contributed by atoms with Crippen molar-refractivity contribution in [2.24, 2.45) is 0 Å². The molecule has 2 heterocycles. The highest BCUT2D eigenvalue weighted by Crippen LogP contribution is 2.25. The molecule has 0 saturated carbocycles. The summed E-state index contributed by atoms with van der Waals surface area (Å²) in [7, 11) is 0. The Morgan fingerprint density at radius 2 is 1.71 bits per heavy atom. The molecule has 0 bridgehead atoms. The summed E-state index contributed by atoms with van der Waals surface area (Å²) < 4.78 is 0. The molecule has 2 aromatic rings. The number of carbonyl (C=O) groups is 1. The van der Waals surface area contributed by atoms with Crippen molar-refractivity contribution in [1.82, 2.24) is 14.9 Å². The first kappa shape index (κ1) is 16.2. The third kappa shape index (κ3) is 3.48. The Labute approximate surface area is 142 Å². The fraction of sp³-hybridized carbons (Fsp3) is 0.389. The van der Waals surface area contributed by atoms with E-state index in [1.807, 2.05) is 13.0 Å². The minimum Gasteiger partial charge on any atom is -0.342 e. The zero-order valence-electron chi connectivity index (χ0n) is 14.4. The molecule has 0 atom stereocenters. The number of rotatable bonds is 4. The molecule has 1 fully saturated rings. The molecular formula is C18H23N5O. The Balaban J connectivity index is 1.83. The highest BCUT2D eigenvalue weighted by atomic mass is 16.1. The topological polar surface area (TPSA) is 61.4 Å². The molecule has 1 aromatic heterocycles. The van der Waals surface area contributed by atoms with Crippen LogP contribution in [0.25, 0.3) is 0 Å². The quantitative estimate of drug-likeness (QED) is 0.875. The lowest BCUT2D eigenvalue weighted by Crippen LogP contribution is -2.46. The number of hydrogen-bond acceptors (Lipinski definition) is 5. The second-order valence-electron chi connectivity index (χ2n) is 6.21. The van der Waals surface area contributed by atoms with E-state index in [0.29, 0.717) is 19.0 Å². The number of carbonyl (C=O) groups excluding carboxylic acids is 1. The molecule has 24 heavy (non-hydrogen) atoms. The van der Waals surface area contributed by atoms with E-state index >= 15 is 0 Å². The third-order valence-electron chi connectivity index (χ3n) is 4.32. The van der Waals surface area contributed by atoms with E-state index in [1.165, 1.54) is 11.1 Å². The van der Waals surface area contributed by atoms with Crippen LogP contribution in [-0.4, -0.2) is 47.5 Å². The maximum atomic E-state index is 10.8. The van der Waals surface area contributed by atoms with E-state index < -0.39 is 0 Å². The molecule has 1 saturated heterocycles. The summed E-state index contributed by atoms with van der Waals surface area (Å²) >= 11 is 0. The summed E-state index contributed by atoms with van der Waals surface area (Å²) in [5.74, 6) is 1.52. The molecule has 1 aliphatic rings.